The molecule has 0 fully saturated rings. The minimum Gasteiger partial charge on any atom is -0.545 e. The van der Waals surface area contributed by atoms with E-state index in [0.717, 1.165) is 12.8 Å². The Kier molecular flexibility index (Phi) is 18.7. The molecule has 0 saturated carbocycles. The Morgan fingerprint density at radius 3 is 1.67 bits per heavy atom. The molecular weight excluding hydrogens is 251 g/mol. The normalized spacial score (nSPS) is 9.83. The fourth-order valence-electron chi connectivity index (χ4n) is 1.93. The zero-order chi connectivity index (χ0) is 12.9. The zero-order valence-corrected chi connectivity index (χ0v) is 15.4. The largest absolute Gasteiger partial charge is 1.00 e. The third kappa shape index (κ3) is 14.9. The minimum absolute atomic E-state index is 0. The Labute approximate surface area is 155 Å². The van der Waals surface area contributed by atoms with E-state index in [1.807, 2.05) is 0 Å². The van der Waals surface area contributed by atoms with Crippen molar-refractivity contribution in [1.82, 2.24) is 0 Å². The number of aliphatic carboxylic acids is 1. The number of hydrogen-bond donors (Lipinski definition) is 0. The summed E-state index contributed by atoms with van der Waals surface area (Å²) in [6.07, 6.45) is 13.2. The summed E-state index contributed by atoms with van der Waals surface area (Å²) in [6.45, 7) is 5.70. The molecule has 2 nitrogen and oxygen atoms in total. The molecular formula is C15H27KO2. The number of carboxylic acids is 1. The van der Waals surface area contributed by atoms with Gasteiger partial charge in [-0.1, -0.05) is 71.3 Å². The van der Waals surface area contributed by atoms with Crippen LogP contribution >= 0.6 is 0 Å². The molecule has 0 aliphatic heterocycles. The van der Waals surface area contributed by atoms with E-state index >= 15 is 0 Å². The van der Waals surface area contributed by atoms with Gasteiger partial charge in [0.2, 0.25) is 0 Å². The van der Waals surface area contributed by atoms with Gasteiger partial charge < -0.3 is 9.90 Å². The van der Waals surface area contributed by atoms with E-state index in [2.05, 4.69) is 13.5 Å². The first kappa shape index (κ1) is 21.2. The smallest absolute Gasteiger partial charge is 0.545 e. The third-order valence-electron chi connectivity index (χ3n) is 3.12. The van der Waals surface area contributed by atoms with Gasteiger partial charge in [-0.3, -0.25) is 0 Å². The van der Waals surface area contributed by atoms with Crippen LogP contribution in [-0.4, -0.2) is 5.97 Å². The van der Waals surface area contributed by atoms with Crippen LogP contribution < -0.4 is 56.5 Å². The second-order valence-corrected chi connectivity index (χ2v) is 4.82. The molecule has 3 heteroatoms. The van der Waals surface area contributed by atoms with Crippen LogP contribution in [-0.2, 0) is 4.79 Å². The van der Waals surface area contributed by atoms with Crippen molar-refractivity contribution in [2.45, 2.75) is 77.6 Å². The Hall–Kier alpha value is 0.846. The molecule has 0 bridgehead atoms. The molecule has 18 heavy (non-hydrogen) atoms. The van der Waals surface area contributed by atoms with Gasteiger partial charge in [-0.15, -0.1) is 0 Å². The fourth-order valence-corrected chi connectivity index (χ4v) is 1.93. The number of carbonyl (C=O) groups excluding carboxylic acids is 1. The van der Waals surface area contributed by atoms with Crippen LogP contribution in [0.5, 0.6) is 0 Å². The molecule has 0 spiro atoms. The van der Waals surface area contributed by atoms with Gasteiger partial charge in [0.25, 0.3) is 0 Å². The quantitative estimate of drug-likeness (QED) is 0.298. The van der Waals surface area contributed by atoms with Gasteiger partial charge >= 0.3 is 51.4 Å². The second kappa shape index (κ2) is 15.9. The van der Waals surface area contributed by atoms with Crippen molar-refractivity contribution in [3.8, 4) is 0 Å². The minimum atomic E-state index is -1.10. The van der Waals surface area contributed by atoms with Gasteiger partial charge in [-0.25, -0.2) is 0 Å². The van der Waals surface area contributed by atoms with Crippen LogP contribution in [0.4, 0.5) is 0 Å². The molecule has 100 valence electrons. The van der Waals surface area contributed by atoms with Crippen LogP contribution in [0.3, 0.4) is 0 Å². The summed E-state index contributed by atoms with van der Waals surface area (Å²) in [6, 6.07) is 0. The Morgan fingerprint density at radius 1 is 0.889 bits per heavy atom. The van der Waals surface area contributed by atoms with E-state index < -0.39 is 5.97 Å². The summed E-state index contributed by atoms with van der Waals surface area (Å²) in [4.78, 5) is 10.4. The van der Waals surface area contributed by atoms with Gasteiger partial charge in [0.15, 0.2) is 0 Å². The monoisotopic (exact) mass is 278 g/mol. The van der Waals surface area contributed by atoms with Gasteiger partial charge in [-0.2, -0.15) is 0 Å². The summed E-state index contributed by atoms with van der Waals surface area (Å²) in [5.74, 6) is -1.10. The number of rotatable bonds is 12. The van der Waals surface area contributed by atoms with Gasteiger partial charge in [-0.05, 0) is 18.4 Å². The van der Waals surface area contributed by atoms with Crippen LogP contribution in [0.2, 0.25) is 0 Å². The molecule has 0 aromatic carbocycles. The standard InChI is InChI=1S/C15H28O2.K/c1-3-4-5-6-7-8-9-10-11-12-13-14(2)15(16)17;/h2-13H2,1H3,(H,16,17);/q;+1/p-1. The van der Waals surface area contributed by atoms with Gasteiger partial charge in [0.1, 0.15) is 0 Å². The van der Waals surface area contributed by atoms with Crippen molar-refractivity contribution in [2.75, 3.05) is 0 Å². The molecule has 0 N–H and O–H groups in total. The third-order valence-corrected chi connectivity index (χ3v) is 3.12. The average Bonchev–Trinajstić information content (AvgIpc) is 2.31. The van der Waals surface area contributed by atoms with Gasteiger partial charge in [0, 0.05) is 0 Å². The molecule has 0 radical (unpaired) electrons. The van der Waals surface area contributed by atoms with E-state index in [4.69, 9.17) is 0 Å². The maximum absolute atomic E-state index is 10.4. The molecule has 0 aromatic rings. The van der Waals surface area contributed by atoms with Crippen LogP contribution in [0, 0.1) is 0 Å². The van der Waals surface area contributed by atoms with Crippen LogP contribution in [0.15, 0.2) is 12.2 Å². The maximum atomic E-state index is 10.4. The summed E-state index contributed by atoms with van der Waals surface area (Å²) in [7, 11) is 0. The van der Waals surface area contributed by atoms with Crippen LogP contribution in [0.1, 0.15) is 77.6 Å². The topological polar surface area (TPSA) is 40.1 Å². The Morgan fingerprint density at radius 2 is 1.28 bits per heavy atom. The number of unbranched alkanes of at least 4 members (excludes halogenated alkanes) is 9. The summed E-state index contributed by atoms with van der Waals surface area (Å²) >= 11 is 0. The number of carboxylic acid groups (broad SMARTS) is 1. The first-order chi connectivity index (χ1) is 8.18. The molecule has 0 atom stereocenters. The van der Waals surface area contributed by atoms with E-state index in [9.17, 15) is 9.90 Å². The van der Waals surface area contributed by atoms with E-state index in [0.29, 0.717) is 6.42 Å². The molecule has 0 aromatic heterocycles. The summed E-state index contributed by atoms with van der Waals surface area (Å²) in [5, 5.41) is 10.4. The first-order valence-corrected chi connectivity index (χ1v) is 7.07. The van der Waals surface area contributed by atoms with E-state index in [-0.39, 0.29) is 57.0 Å². The van der Waals surface area contributed by atoms with Gasteiger partial charge in [0.05, 0.1) is 5.97 Å². The number of carbonyl (C=O) groups is 1. The predicted octanol–water partition coefficient (Wildman–Crippen LogP) is 0.608. The Balaban J connectivity index is 0. The molecule has 0 aliphatic rings. The predicted molar refractivity (Wildman–Crippen MR) is 70.6 cm³/mol. The zero-order valence-electron chi connectivity index (χ0n) is 12.3. The average molecular weight is 278 g/mol. The van der Waals surface area contributed by atoms with E-state index in [1.165, 1.54) is 51.4 Å². The Bertz CT molecular complexity index is 215. The first-order valence-electron chi connectivity index (χ1n) is 7.07. The summed E-state index contributed by atoms with van der Waals surface area (Å²) < 4.78 is 0. The molecule has 0 amide bonds. The van der Waals surface area contributed by atoms with Crippen molar-refractivity contribution in [3.63, 3.8) is 0 Å². The molecule has 0 aliphatic carbocycles. The van der Waals surface area contributed by atoms with Crippen molar-refractivity contribution in [3.05, 3.63) is 12.2 Å². The maximum Gasteiger partial charge on any atom is 1.00 e. The van der Waals surface area contributed by atoms with Crippen molar-refractivity contribution < 1.29 is 61.3 Å². The second-order valence-electron chi connectivity index (χ2n) is 4.82. The molecule has 0 unspecified atom stereocenters. The molecule has 0 saturated heterocycles. The van der Waals surface area contributed by atoms with Crippen LogP contribution in [0.25, 0.3) is 0 Å². The van der Waals surface area contributed by atoms with Crippen molar-refractivity contribution in [2.24, 2.45) is 0 Å². The molecule has 0 rings (SSSR count). The van der Waals surface area contributed by atoms with E-state index in [1.54, 1.807) is 0 Å². The fraction of sp³-hybridized carbons (Fsp3) is 0.800. The molecule has 0 heterocycles. The van der Waals surface area contributed by atoms with Crippen molar-refractivity contribution in [1.29, 1.82) is 0 Å². The summed E-state index contributed by atoms with van der Waals surface area (Å²) in [5.41, 5.74) is 0.240. The SMILES string of the molecule is C=C(CCCCCCCCCCCC)C(=O)[O-].[K+]. The number of hydrogen-bond acceptors (Lipinski definition) is 2. The van der Waals surface area contributed by atoms with Crippen molar-refractivity contribution >= 4 is 5.97 Å².